The van der Waals surface area contributed by atoms with E-state index in [0.717, 1.165) is 29.7 Å². The van der Waals surface area contributed by atoms with E-state index >= 15 is 0 Å². The number of aromatic nitrogens is 5. The van der Waals surface area contributed by atoms with Crippen molar-refractivity contribution in [3.63, 3.8) is 0 Å². The fraction of sp³-hybridized carbons (Fsp3) is 0.286. The lowest BCUT2D eigenvalue weighted by atomic mass is 9.95. The maximum absolute atomic E-state index is 12.9. The average molecular weight is 388 g/mol. The normalized spacial score (nSPS) is 15.2. The smallest absolute Gasteiger partial charge is 0.272 e. The summed E-state index contributed by atoms with van der Waals surface area (Å²) in [5.41, 5.74) is 1.21. The molecule has 29 heavy (non-hydrogen) atoms. The zero-order valence-corrected chi connectivity index (χ0v) is 15.8. The molecule has 0 unspecified atom stereocenters. The van der Waals surface area contributed by atoms with E-state index in [1.807, 2.05) is 51.9 Å². The van der Waals surface area contributed by atoms with Crippen molar-refractivity contribution in [2.75, 3.05) is 13.1 Å². The number of aromatic amines is 1. The van der Waals surface area contributed by atoms with Crippen molar-refractivity contribution in [3.8, 4) is 0 Å². The third-order valence-corrected chi connectivity index (χ3v) is 5.65. The zero-order chi connectivity index (χ0) is 19.8. The van der Waals surface area contributed by atoms with Crippen LogP contribution in [0.3, 0.4) is 0 Å². The second kappa shape index (κ2) is 7.12. The van der Waals surface area contributed by atoms with E-state index in [-0.39, 0.29) is 23.8 Å². The number of piperidine rings is 1. The Hall–Kier alpha value is -3.55. The Morgan fingerprint density at radius 1 is 1.03 bits per heavy atom. The highest BCUT2D eigenvalue weighted by Gasteiger charge is 2.27. The molecule has 0 spiro atoms. The standard InChI is InChI=1S/C21H20N6O2/c28-19(13-17-15-5-1-2-6-16(15)21(29)25-22-17)26-11-8-14(9-12-26)20-24-23-18-7-3-4-10-27(18)20/h1-7,10,14H,8-9,11-13H2,(H,25,29). The van der Waals surface area contributed by atoms with Crippen LogP contribution in [0.15, 0.2) is 53.5 Å². The lowest BCUT2D eigenvalue weighted by Gasteiger charge is -2.31. The van der Waals surface area contributed by atoms with Gasteiger partial charge in [-0.15, -0.1) is 10.2 Å². The molecular weight excluding hydrogens is 368 g/mol. The van der Waals surface area contributed by atoms with E-state index in [9.17, 15) is 9.59 Å². The summed E-state index contributed by atoms with van der Waals surface area (Å²) in [5, 5.41) is 16.5. The number of nitrogens with one attached hydrogen (secondary N) is 1. The van der Waals surface area contributed by atoms with E-state index < -0.39 is 0 Å². The van der Waals surface area contributed by atoms with Gasteiger partial charge in [-0.05, 0) is 31.0 Å². The molecule has 0 bridgehead atoms. The van der Waals surface area contributed by atoms with Crippen LogP contribution >= 0.6 is 0 Å². The monoisotopic (exact) mass is 388 g/mol. The van der Waals surface area contributed by atoms with Crippen LogP contribution in [0.25, 0.3) is 16.4 Å². The molecule has 1 aromatic carbocycles. The van der Waals surface area contributed by atoms with Gasteiger partial charge in [-0.25, -0.2) is 5.10 Å². The van der Waals surface area contributed by atoms with E-state index in [1.54, 1.807) is 6.07 Å². The number of fused-ring (bicyclic) bond motifs is 2. The van der Waals surface area contributed by atoms with Gasteiger partial charge < -0.3 is 4.90 Å². The number of pyridine rings is 1. The summed E-state index contributed by atoms with van der Waals surface area (Å²) in [4.78, 5) is 26.7. The van der Waals surface area contributed by atoms with Crippen LogP contribution in [0, 0.1) is 0 Å². The van der Waals surface area contributed by atoms with Gasteiger partial charge in [-0.2, -0.15) is 5.10 Å². The number of rotatable bonds is 3. The van der Waals surface area contributed by atoms with Crippen molar-refractivity contribution in [2.45, 2.75) is 25.2 Å². The van der Waals surface area contributed by atoms with Crippen molar-refractivity contribution in [1.82, 2.24) is 29.7 Å². The lowest BCUT2D eigenvalue weighted by Crippen LogP contribution is -2.39. The van der Waals surface area contributed by atoms with E-state index in [0.29, 0.717) is 24.2 Å². The van der Waals surface area contributed by atoms with Crippen LogP contribution in [0.2, 0.25) is 0 Å². The van der Waals surface area contributed by atoms with Gasteiger partial charge in [0.25, 0.3) is 5.56 Å². The minimum Gasteiger partial charge on any atom is -0.342 e. The molecule has 8 nitrogen and oxygen atoms in total. The maximum Gasteiger partial charge on any atom is 0.272 e. The first kappa shape index (κ1) is 17.5. The van der Waals surface area contributed by atoms with Crippen molar-refractivity contribution in [3.05, 3.63) is 70.5 Å². The quantitative estimate of drug-likeness (QED) is 0.578. The fourth-order valence-corrected chi connectivity index (χ4v) is 4.09. The van der Waals surface area contributed by atoms with E-state index in [1.165, 1.54) is 0 Å². The molecule has 5 rings (SSSR count). The predicted octanol–water partition coefficient (Wildman–Crippen LogP) is 1.91. The largest absolute Gasteiger partial charge is 0.342 e. The Balaban J connectivity index is 1.30. The fourth-order valence-electron chi connectivity index (χ4n) is 4.09. The number of carbonyl (C=O) groups is 1. The van der Waals surface area contributed by atoms with Crippen molar-refractivity contribution < 1.29 is 4.79 Å². The molecule has 1 aliphatic heterocycles. The minimum atomic E-state index is -0.238. The van der Waals surface area contributed by atoms with Crippen LogP contribution in [0.5, 0.6) is 0 Å². The van der Waals surface area contributed by atoms with Gasteiger partial charge in [-0.3, -0.25) is 14.0 Å². The SMILES string of the molecule is O=C(Cc1n[nH]c(=O)c2ccccc12)N1CCC(c2nnc3ccccn23)CC1. The minimum absolute atomic E-state index is 0.0271. The first-order chi connectivity index (χ1) is 14.2. The number of nitrogens with zero attached hydrogens (tertiary/aromatic N) is 5. The Morgan fingerprint density at radius 2 is 1.79 bits per heavy atom. The highest BCUT2D eigenvalue weighted by molar-refractivity contribution is 5.88. The zero-order valence-electron chi connectivity index (χ0n) is 15.8. The molecule has 3 aromatic heterocycles. The lowest BCUT2D eigenvalue weighted by molar-refractivity contribution is -0.131. The molecular formula is C21H20N6O2. The van der Waals surface area contributed by atoms with Crippen LogP contribution in [-0.4, -0.2) is 48.7 Å². The summed E-state index contributed by atoms with van der Waals surface area (Å²) >= 11 is 0. The summed E-state index contributed by atoms with van der Waals surface area (Å²) in [5.74, 6) is 1.27. The molecule has 1 fully saturated rings. The van der Waals surface area contributed by atoms with Crippen LogP contribution in [0.1, 0.15) is 30.3 Å². The molecule has 0 radical (unpaired) electrons. The Morgan fingerprint density at radius 3 is 2.62 bits per heavy atom. The number of amides is 1. The highest BCUT2D eigenvalue weighted by atomic mass is 16.2. The number of hydrogen-bond donors (Lipinski definition) is 1. The number of hydrogen-bond acceptors (Lipinski definition) is 5. The first-order valence-electron chi connectivity index (χ1n) is 9.74. The molecule has 4 heterocycles. The third kappa shape index (κ3) is 3.16. The second-order valence-corrected chi connectivity index (χ2v) is 7.36. The molecule has 1 saturated heterocycles. The molecule has 1 N–H and O–H groups in total. The van der Waals surface area contributed by atoms with Gasteiger partial charge in [0.2, 0.25) is 5.91 Å². The number of carbonyl (C=O) groups excluding carboxylic acids is 1. The molecule has 0 saturated carbocycles. The molecule has 0 atom stereocenters. The summed E-state index contributed by atoms with van der Waals surface area (Å²) < 4.78 is 2.03. The summed E-state index contributed by atoms with van der Waals surface area (Å²) in [6, 6.07) is 13.1. The van der Waals surface area contributed by atoms with Gasteiger partial charge >= 0.3 is 0 Å². The van der Waals surface area contributed by atoms with Crippen molar-refractivity contribution in [1.29, 1.82) is 0 Å². The predicted molar refractivity (Wildman–Crippen MR) is 108 cm³/mol. The van der Waals surface area contributed by atoms with Gasteiger partial charge in [0.1, 0.15) is 5.82 Å². The molecule has 8 heteroatoms. The topological polar surface area (TPSA) is 96.2 Å². The number of H-pyrrole nitrogens is 1. The van der Waals surface area contributed by atoms with Crippen LogP contribution < -0.4 is 5.56 Å². The van der Waals surface area contributed by atoms with Gasteiger partial charge in [0, 0.05) is 30.6 Å². The molecule has 0 aliphatic carbocycles. The van der Waals surface area contributed by atoms with Crippen molar-refractivity contribution >= 4 is 22.3 Å². The van der Waals surface area contributed by atoms with Gasteiger partial charge in [-0.1, -0.05) is 24.3 Å². The highest BCUT2D eigenvalue weighted by Crippen LogP contribution is 2.27. The Kier molecular flexibility index (Phi) is 4.31. The van der Waals surface area contributed by atoms with Crippen molar-refractivity contribution in [2.24, 2.45) is 0 Å². The van der Waals surface area contributed by atoms with E-state index in [2.05, 4.69) is 20.4 Å². The van der Waals surface area contributed by atoms with Gasteiger partial charge in [0.15, 0.2) is 5.65 Å². The maximum atomic E-state index is 12.9. The summed E-state index contributed by atoms with van der Waals surface area (Å²) in [6.07, 6.45) is 3.85. The molecule has 1 amide bonds. The summed E-state index contributed by atoms with van der Waals surface area (Å²) in [7, 11) is 0. The number of benzene rings is 1. The third-order valence-electron chi connectivity index (χ3n) is 5.65. The summed E-state index contributed by atoms with van der Waals surface area (Å²) in [6.45, 7) is 1.35. The average Bonchev–Trinajstić information content (AvgIpc) is 3.20. The second-order valence-electron chi connectivity index (χ2n) is 7.36. The van der Waals surface area contributed by atoms with Gasteiger partial charge in [0.05, 0.1) is 17.5 Å². The molecule has 4 aromatic rings. The Bertz CT molecular complexity index is 1250. The van der Waals surface area contributed by atoms with Crippen LogP contribution in [0.4, 0.5) is 0 Å². The molecule has 146 valence electrons. The first-order valence-corrected chi connectivity index (χ1v) is 9.74. The van der Waals surface area contributed by atoms with Crippen LogP contribution in [-0.2, 0) is 11.2 Å². The number of likely N-dealkylation sites (tertiary alicyclic amines) is 1. The molecule has 1 aliphatic rings. The Labute approximate surface area is 166 Å². The van der Waals surface area contributed by atoms with E-state index in [4.69, 9.17) is 0 Å².